The Morgan fingerprint density at radius 2 is 1.69 bits per heavy atom. The summed E-state index contributed by atoms with van der Waals surface area (Å²) in [6, 6.07) is 13.0. The van der Waals surface area contributed by atoms with Crippen LogP contribution in [-0.2, 0) is 16.1 Å². The smallest absolute Gasteiger partial charge is 0.261 e. The van der Waals surface area contributed by atoms with Crippen molar-refractivity contribution < 1.29 is 14.3 Å². The van der Waals surface area contributed by atoms with Crippen molar-refractivity contribution in [1.29, 1.82) is 0 Å². The summed E-state index contributed by atoms with van der Waals surface area (Å²) in [5.41, 5.74) is 2.12. The average molecular weight is 568 g/mol. The predicted molar refractivity (Wildman–Crippen MR) is 136 cm³/mol. The zero-order valence-electron chi connectivity index (χ0n) is 19.3. The van der Waals surface area contributed by atoms with E-state index in [1.165, 1.54) is 5.56 Å². The SMILES string of the molecule is CC[C@@H](C)NC(=O)[C@@H](C)N(Cc1ccc(Br)cc1)C(=O)COc1ccc(C(C)C)cc1Br. The van der Waals surface area contributed by atoms with Crippen molar-refractivity contribution in [3.05, 3.63) is 62.5 Å². The number of carbonyl (C=O) groups is 2. The topological polar surface area (TPSA) is 58.6 Å². The molecule has 2 amide bonds. The molecule has 7 heteroatoms. The summed E-state index contributed by atoms with van der Waals surface area (Å²) in [7, 11) is 0. The van der Waals surface area contributed by atoms with Crippen LogP contribution in [0.3, 0.4) is 0 Å². The maximum atomic E-state index is 13.2. The highest BCUT2D eigenvalue weighted by Gasteiger charge is 2.27. The number of halogens is 2. The van der Waals surface area contributed by atoms with Crippen LogP contribution in [0.2, 0.25) is 0 Å². The van der Waals surface area contributed by atoms with E-state index in [4.69, 9.17) is 4.74 Å². The van der Waals surface area contributed by atoms with Crippen LogP contribution in [0.4, 0.5) is 0 Å². The van der Waals surface area contributed by atoms with E-state index in [0.29, 0.717) is 18.2 Å². The van der Waals surface area contributed by atoms with E-state index in [2.05, 4.69) is 51.0 Å². The number of hydrogen-bond acceptors (Lipinski definition) is 3. The van der Waals surface area contributed by atoms with Gasteiger partial charge in [0, 0.05) is 17.1 Å². The number of nitrogens with one attached hydrogen (secondary N) is 1. The lowest BCUT2D eigenvalue weighted by atomic mass is 10.0. The third-order valence-electron chi connectivity index (χ3n) is 5.41. The fourth-order valence-corrected chi connectivity index (χ4v) is 3.83. The first-order valence-corrected chi connectivity index (χ1v) is 12.5. The van der Waals surface area contributed by atoms with Gasteiger partial charge in [0.1, 0.15) is 11.8 Å². The van der Waals surface area contributed by atoms with Crippen LogP contribution >= 0.6 is 31.9 Å². The second kappa shape index (κ2) is 12.4. The summed E-state index contributed by atoms with van der Waals surface area (Å²) >= 11 is 6.96. The van der Waals surface area contributed by atoms with E-state index < -0.39 is 6.04 Å². The van der Waals surface area contributed by atoms with Gasteiger partial charge in [-0.25, -0.2) is 0 Å². The number of benzene rings is 2. The van der Waals surface area contributed by atoms with Gasteiger partial charge in [-0.15, -0.1) is 0 Å². The molecule has 0 heterocycles. The molecule has 5 nitrogen and oxygen atoms in total. The summed E-state index contributed by atoms with van der Waals surface area (Å²) in [5.74, 6) is 0.572. The number of ether oxygens (including phenoxy) is 1. The lowest BCUT2D eigenvalue weighted by Gasteiger charge is -2.29. The molecule has 1 N–H and O–H groups in total. The van der Waals surface area contributed by atoms with Gasteiger partial charge in [-0.05, 0) is 77.5 Å². The molecule has 0 aliphatic carbocycles. The van der Waals surface area contributed by atoms with Crippen LogP contribution in [0, 0.1) is 0 Å². The Labute approximate surface area is 208 Å². The van der Waals surface area contributed by atoms with Crippen LogP contribution in [0.25, 0.3) is 0 Å². The van der Waals surface area contributed by atoms with Crippen molar-refractivity contribution in [3.63, 3.8) is 0 Å². The normalized spacial score (nSPS) is 12.9. The molecule has 0 aliphatic heterocycles. The van der Waals surface area contributed by atoms with E-state index in [0.717, 1.165) is 20.9 Å². The molecule has 0 radical (unpaired) electrons. The zero-order valence-corrected chi connectivity index (χ0v) is 22.5. The molecule has 2 aromatic rings. The molecule has 2 atom stereocenters. The Balaban J connectivity index is 2.17. The minimum Gasteiger partial charge on any atom is -0.483 e. The first-order valence-electron chi connectivity index (χ1n) is 10.9. The van der Waals surface area contributed by atoms with E-state index in [1.807, 2.05) is 56.3 Å². The molecular formula is C25H32Br2N2O3. The maximum Gasteiger partial charge on any atom is 0.261 e. The monoisotopic (exact) mass is 566 g/mol. The van der Waals surface area contributed by atoms with Gasteiger partial charge in [0.05, 0.1) is 4.47 Å². The van der Waals surface area contributed by atoms with Crippen molar-refractivity contribution in [3.8, 4) is 5.75 Å². The maximum absolute atomic E-state index is 13.2. The molecule has 0 bridgehead atoms. The van der Waals surface area contributed by atoms with Crippen molar-refractivity contribution in [2.45, 2.75) is 65.6 Å². The first-order chi connectivity index (χ1) is 15.1. The van der Waals surface area contributed by atoms with Gasteiger partial charge in [0.15, 0.2) is 6.61 Å². The second-order valence-electron chi connectivity index (χ2n) is 8.28. The lowest BCUT2D eigenvalue weighted by Crippen LogP contribution is -2.50. The van der Waals surface area contributed by atoms with Gasteiger partial charge in [-0.1, -0.05) is 54.9 Å². The van der Waals surface area contributed by atoms with Crippen molar-refractivity contribution >= 4 is 43.7 Å². The second-order valence-corrected chi connectivity index (χ2v) is 10.0. The Morgan fingerprint density at radius 1 is 1.03 bits per heavy atom. The largest absolute Gasteiger partial charge is 0.483 e. The Kier molecular flexibility index (Phi) is 10.2. The molecule has 0 fully saturated rings. The summed E-state index contributed by atoms with van der Waals surface area (Å²) in [6.07, 6.45) is 0.822. The van der Waals surface area contributed by atoms with Gasteiger partial charge < -0.3 is 15.0 Å². The summed E-state index contributed by atoms with van der Waals surface area (Å²) in [6.45, 7) is 10.1. The quantitative estimate of drug-likeness (QED) is 0.380. The predicted octanol–water partition coefficient (Wildman–Crippen LogP) is 6.05. The van der Waals surface area contributed by atoms with Crippen molar-refractivity contribution in [2.75, 3.05) is 6.61 Å². The third-order valence-corrected chi connectivity index (χ3v) is 6.56. The fourth-order valence-electron chi connectivity index (χ4n) is 3.05. The van der Waals surface area contributed by atoms with E-state index in [1.54, 1.807) is 11.8 Å². The molecule has 0 aromatic heterocycles. The average Bonchev–Trinajstić information content (AvgIpc) is 2.76. The number of nitrogens with zero attached hydrogens (tertiary/aromatic N) is 1. The van der Waals surface area contributed by atoms with Gasteiger partial charge in [-0.2, -0.15) is 0 Å². The third kappa shape index (κ3) is 7.62. The highest BCUT2D eigenvalue weighted by atomic mass is 79.9. The number of amides is 2. The van der Waals surface area contributed by atoms with Crippen molar-refractivity contribution in [2.24, 2.45) is 0 Å². The van der Waals surface area contributed by atoms with E-state index >= 15 is 0 Å². The van der Waals surface area contributed by atoms with Crippen LogP contribution < -0.4 is 10.1 Å². The van der Waals surface area contributed by atoms with Crippen LogP contribution in [0.1, 0.15) is 58.1 Å². The van der Waals surface area contributed by atoms with Gasteiger partial charge in [0.2, 0.25) is 5.91 Å². The van der Waals surface area contributed by atoms with Gasteiger partial charge >= 0.3 is 0 Å². The molecule has 2 rings (SSSR count). The molecule has 0 aliphatic rings. The van der Waals surface area contributed by atoms with Crippen LogP contribution in [-0.4, -0.2) is 35.4 Å². The molecule has 2 aromatic carbocycles. The fraction of sp³-hybridized carbons (Fsp3) is 0.440. The molecule has 0 saturated carbocycles. The molecule has 0 saturated heterocycles. The lowest BCUT2D eigenvalue weighted by molar-refractivity contribution is -0.142. The minimum atomic E-state index is -0.629. The number of carbonyl (C=O) groups excluding carboxylic acids is 2. The van der Waals surface area contributed by atoms with E-state index in [-0.39, 0.29) is 24.5 Å². The molecule has 0 unspecified atom stereocenters. The number of hydrogen-bond donors (Lipinski definition) is 1. The van der Waals surface area contributed by atoms with Crippen LogP contribution in [0.5, 0.6) is 5.75 Å². The Bertz CT molecular complexity index is 916. The summed E-state index contributed by atoms with van der Waals surface area (Å²) < 4.78 is 7.59. The standard InChI is InChI=1S/C25H32Br2N2O3/c1-6-17(4)28-25(31)18(5)29(14-19-7-10-21(26)11-8-19)24(30)15-32-23-12-9-20(16(2)3)13-22(23)27/h7-13,16-18H,6,14-15H2,1-5H3,(H,28,31)/t17-,18-/m1/s1. The molecule has 174 valence electrons. The van der Waals surface area contributed by atoms with Gasteiger partial charge in [-0.3, -0.25) is 9.59 Å². The Hall–Kier alpha value is -1.86. The van der Waals surface area contributed by atoms with Crippen LogP contribution in [0.15, 0.2) is 51.4 Å². The van der Waals surface area contributed by atoms with Crippen molar-refractivity contribution in [1.82, 2.24) is 10.2 Å². The highest BCUT2D eigenvalue weighted by molar-refractivity contribution is 9.10. The highest BCUT2D eigenvalue weighted by Crippen LogP contribution is 2.29. The molecule has 0 spiro atoms. The molecular weight excluding hydrogens is 536 g/mol. The Morgan fingerprint density at radius 3 is 2.25 bits per heavy atom. The first kappa shape index (κ1) is 26.4. The number of rotatable bonds is 10. The van der Waals surface area contributed by atoms with E-state index in [9.17, 15) is 9.59 Å². The van der Waals surface area contributed by atoms with Gasteiger partial charge in [0.25, 0.3) is 5.91 Å². The molecule has 32 heavy (non-hydrogen) atoms. The minimum absolute atomic E-state index is 0.0428. The summed E-state index contributed by atoms with van der Waals surface area (Å²) in [5, 5.41) is 2.97. The summed E-state index contributed by atoms with van der Waals surface area (Å²) in [4.78, 5) is 27.5. The zero-order chi connectivity index (χ0) is 23.8.